The zero-order valence-electron chi connectivity index (χ0n) is 11.0. The predicted molar refractivity (Wildman–Crippen MR) is 72.6 cm³/mol. The fourth-order valence-electron chi connectivity index (χ4n) is 2.59. The SMILES string of the molecule is CNc1cncc([C@H]2CCCN2Cc2ncc[nH]2)n1. The molecule has 0 unspecified atom stereocenters. The van der Waals surface area contributed by atoms with Gasteiger partial charge in [-0.25, -0.2) is 9.97 Å². The monoisotopic (exact) mass is 258 g/mol. The lowest BCUT2D eigenvalue weighted by atomic mass is 10.1. The number of aromatic nitrogens is 4. The van der Waals surface area contributed by atoms with E-state index in [9.17, 15) is 0 Å². The van der Waals surface area contributed by atoms with Crippen molar-refractivity contribution in [3.8, 4) is 0 Å². The molecule has 1 aliphatic rings. The van der Waals surface area contributed by atoms with E-state index in [-0.39, 0.29) is 0 Å². The summed E-state index contributed by atoms with van der Waals surface area (Å²) in [5.41, 5.74) is 1.04. The van der Waals surface area contributed by atoms with Crippen LogP contribution in [0.5, 0.6) is 0 Å². The third-order valence-electron chi connectivity index (χ3n) is 3.52. The molecule has 0 spiro atoms. The topological polar surface area (TPSA) is 69.7 Å². The number of nitrogens with one attached hydrogen (secondary N) is 2. The molecule has 1 atom stereocenters. The summed E-state index contributed by atoms with van der Waals surface area (Å²) in [6, 6.07) is 0.339. The molecule has 0 saturated carbocycles. The van der Waals surface area contributed by atoms with E-state index in [0.717, 1.165) is 36.8 Å². The van der Waals surface area contributed by atoms with Gasteiger partial charge in [-0.05, 0) is 19.4 Å². The Morgan fingerprint density at radius 2 is 2.42 bits per heavy atom. The van der Waals surface area contributed by atoms with Crippen molar-refractivity contribution in [3.63, 3.8) is 0 Å². The minimum atomic E-state index is 0.339. The normalized spacial score (nSPS) is 19.7. The molecule has 3 rings (SSSR count). The summed E-state index contributed by atoms with van der Waals surface area (Å²) < 4.78 is 0. The Labute approximate surface area is 112 Å². The van der Waals surface area contributed by atoms with Crippen LogP contribution in [0.4, 0.5) is 5.82 Å². The molecule has 1 fully saturated rings. The van der Waals surface area contributed by atoms with Crippen molar-refractivity contribution >= 4 is 5.82 Å². The molecular weight excluding hydrogens is 240 g/mol. The van der Waals surface area contributed by atoms with E-state index in [1.165, 1.54) is 6.42 Å². The van der Waals surface area contributed by atoms with Crippen molar-refractivity contribution in [2.45, 2.75) is 25.4 Å². The highest BCUT2D eigenvalue weighted by atomic mass is 15.2. The third kappa shape index (κ3) is 2.58. The highest BCUT2D eigenvalue weighted by Gasteiger charge is 2.27. The van der Waals surface area contributed by atoms with Crippen LogP contribution in [0, 0.1) is 0 Å². The fourth-order valence-corrected chi connectivity index (χ4v) is 2.59. The minimum Gasteiger partial charge on any atom is -0.372 e. The second-order valence-corrected chi connectivity index (χ2v) is 4.74. The summed E-state index contributed by atoms with van der Waals surface area (Å²) in [6.45, 7) is 1.92. The van der Waals surface area contributed by atoms with Crippen LogP contribution in [0.25, 0.3) is 0 Å². The molecule has 1 aliphatic heterocycles. The maximum atomic E-state index is 4.61. The molecule has 0 aromatic carbocycles. The lowest BCUT2D eigenvalue weighted by Crippen LogP contribution is -2.24. The van der Waals surface area contributed by atoms with Crippen LogP contribution in [0.3, 0.4) is 0 Å². The standard InChI is InChI=1S/C13H18N6/c1-14-12-8-15-7-10(18-12)11-3-2-6-19(11)9-13-16-4-5-17-13/h4-5,7-8,11H,2-3,6,9H2,1H3,(H,14,18)(H,16,17)/t11-/m1/s1. The third-order valence-corrected chi connectivity index (χ3v) is 3.52. The number of H-pyrrole nitrogens is 1. The molecule has 100 valence electrons. The Hall–Kier alpha value is -1.95. The van der Waals surface area contributed by atoms with Crippen LogP contribution in [-0.2, 0) is 6.54 Å². The molecule has 0 amide bonds. The van der Waals surface area contributed by atoms with Crippen LogP contribution in [0.15, 0.2) is 24.8 Å². The quantitative estimate of drug-likeness (QED) is 0.871. The Morgan fingerprint density at radius 3 is 3.21 bits per heavy atom. The molecule has 6 heteroatoms. The molecule has 19 heavy (non-hydrogen) atoms. The first kappa shape index (κ1) is 12.1. The van der Waals surface area contributed by atoms with Gasteiger partial charge in [0.1, 0.15) is 11.6 Å². The molecule has 0 aliphatic carbocycles. The number of imidazole rings is 1. The van der Waals surface area contributed by atoms with Gasteiger partial charge in [0.05, 0.1) is 30.7 Å². The van der Waals surface area contributed by atoms with Gasteiger partial charge in [-0.2, -0.15) is 0 Å². The van der Waals surface area contributed by atoms with Gasteiger partial charge in [0, 0.05) is 19.4 Å². The Balaban J connectivity index is 1.78. The summed E-state index contributed by atoms with van der Waals surface area (Å²) in [6.07, 6.45) is 9.59. The van der Waals surface area contributed by atoms with Crippen LogP contribution < -0.4 is 5.32 Å². The summed E-state index contributed by atoms with van der Waals surface area (Å²) in [5, 5.41) is 3.04. The van der Waals surface area contributed by atoms with Crippen molar-refractivity contribution in [1.29, 1.82) is 0 Å². The van der Waals surface area contributed by atoms with Crippen molar-refractivity contribution in [3.05, 3.63) is 36.3 Å². The zero-order valence-corrected chi connectivity index (χ0v) is 11.0. The first-order chi connectivity index (χ1) is 9.36. The van der Waals surface area contributed by atoms with Gasteiger partial charge in [0.25, 0.3) is 0 Å². The number of rotatable bonds is 4. The van der Waals surface area contributed by atoms with Crippen molar-refractivity contribution in [2.75, 3.05) is 18.9 Å². The average Bonchev–Trinajstić information content (AvgIpc) is 3.11. The lowest BCUT2D eigenvalue weighted by Gasteiger charge is -2.22. The van der Waals surface area contributed by atoms with Gasteiger partial charge < -0.3 is 10.3 Å². The number of likely N-dealkylation sites (tertiary alicyclic amines) is 1. The van der Waals surface area contributed by atoms with Gasteiger partial charge in [-0.1, -0.05) is 0 Å². The minimum absolute atomic E-state index is 0.339. The van der Waals surface area contributed by atoms with Gasteiger partial charge >= 0.3 is 0 Å². The Bertz CT molecular complexity index is 524. The highest BCUT2D eigenvalue weighted by Crippen LogP contribution is 2.31. The molecule has 1 saturated heterocycles. The van der Waals surface area contributed by atoms with E-state index in [4.69, 9.17) is 0 Å². The summed E-state index contributed by atoms with van der Waals surface area (Å²) in [4.78, 5) is 18.7. The van der Waals surface area contributed by atoms with E-state index in [2.05, 4.69) is 30.2 Å². The van der Waals surface area contributed by atoms with Crippen LogP contribution in [-0.4, -0.2) is 38.4 Å². The molecule has 6 nitrogen and oxygen atoms in total. The van der Waals surface area contributed by atoms with Gasteiger partial charge in [-0.15, -0.1) is 0 Å². The smallest absolute Gasteiger partial charge is 0.144 e. The molecule has 0 radical (unpaired) electrons. The van der Waals surface area contributed by atoms with Crippen molar-refractivity contribution in [1.82, 2.24) is 24.8 Å². The number of nitrogens with zero attached hydrogens (tertiary/aromatic N) is 4. The number of hydrogen-bond acceptors (Lipinski definition) is 5. The highest BCUT2D eigenvalue weighted by molar-refractivity contribution is 5.31. The molecule has 2 N–H and O–H groups in total. The molecule has 2 aromatic heterocycles. The second-order valence-electron chi connectivity index (χ2n) is 4.74. The Kier molecular flexibility index (Phi) is 3.41. The zero-order chi connectivity index (χ0) is 13.1. The molecular formula is C13H18N6. The summed E-state index contributed by atoms with van der Waals surface area (Å²) in [7, 11) is 1.86. The summed E-state index contributed by atoms with van der Waals surface area (Å²) in [5.74, 6) is 1.83. The molecule has 3 heterocycles. The number of anilines is 1. The number of aromatic amines is 1. The lowest BCUT2D eigenvalue weighted by molar-refractivity contribution is 0.238. The maximum Gasteiger partial charge on any atom is 0.144 e. The van der Waals surface area contributed by atoms with E-state index >= 15 is 0 Å². The van der Waals surface area contributed by atoms with Crippen molar-refractivity contribution in [2.24, 2.45) is 0 Å². The van der Waals surface area contributed by atoms with Gasteiger partial charge in [0.15, 0.2) is 0 Å². The van der Waals surface area contributed by atoms with Gasteiger partial charge in [0.2, 0.25) is 0 Å². The largest absolute Gasteiger partial charge is 0.372 e. The first-order valence-corrected chi connectivity index (χ1v) is 6.59. The fraction of sp³-hybridized carbons (Fsp3) is 0.462. The van der Waals surface area contributed by atoms with Crippen LogP contribution in [0.2, 0.25) is 0 Å². The summed E-state index contributed by atoms with van der Waals surface area (Å²) >= 11 is 0. The van der Waals surface area contributed by atoms with Crippen LogP contribution >= 0.6 is 0 Å². The van der Waals surface area contributed by atoms with E-state index in [1.54, 1.807) is 12.4 Å². The van der Waals surface area contributed by atoms with E-state index < -0.39 is 0 Å². The first-order valence-electron chi connectivity index (χ1n) is 6.59. The predicted octanol–water partition coefficient (Wildman–Crippen LogP) is 1.58. The number of hydrogen-bond donors (Lipinski definition) is 2. The van der Waals surface area contributed by atoms with E-state index in [0.29, 0.717) is 6.04 Å². The maximum absolute atomic E-state index is 4.61. The Morgan fingerprint density at radius 1 is 1.47 bits per heavy atom. The second kappa shape index (κ2) is 5.36. The average molecular weight is 258 g/mol. The molecule has 0 bridgehead atoms. The van der Waals surface area contributed by atoms with E-state index in [1.807, 2.05) is 19.4 Å². The van der Waals surface area contributed by atoms with Crippen LogP contribution in [0.1, 0.15) is 30.4 Å². The van der Waals surface area contributed by atoms with Crippen molar-refractivity contribution < 1.29 is 0 Å². The van der Waals surface area contributed by atoms with Gasteiger partial charge in [-0.3, -0.25) is 9.88 Å². The molecule has 2 aromatic rings.